The van der Waals surface area contributed by atoms with Gasteiger partial charge in [-0.1, -0.05) is 6.08 Å². The minimum absolute atomic E-state index is 0.0687. The predicted octanol–water partition coefficient (Wildman–Crippen LogP) is -1.36. The lowest BCUT2D eigenvalue weighted by atomic mass is 10.0. The van der Waals surface area contributed by atoms with Gasteiger partial charge in [0.1, 0.15) is 6.04 Å². The Balaban J connectivity index is 2.33. The van der Waals surface area contributed by atoms with Gasteiger partial charge in [0.2, 0.25) is 5.91 Å². The van der Waals surface area contributed by atoms with Gasteiger partial charge in [-0.2, -0.15) is 13.5 Å². The lowest BCUT2D eigenvalue weighted by Crippen LogP contribution is -2.48. The van der Waals surface area contributed by atoms with Gasteiger partial charge >= 0.3 is 16.4 Å². The van der Waals surface area contributed by atoms with Crippen LogP contribution in [0.1, 0.15) is 6.92 Å². The fourth-order valence-electron chi connectivity index (χ4n) is 2.17. The Morgan fingerprint density at radius 2 is 2.22 bits per heavy atom. The highest BCUT2D eigenvalue weighted by Gasteiger charge is 2.48. The van der Waals surface area contributed by atoms with Crippen molar-refractivity contribution in [2.75, 3.05) is 6.54 Å². The van der Waals surface area contributed by atoms with E-state index in [1.54, 1.807) is 6.92 Å². The number of carbonyl (C=O) groups is 2. The first kappa shape index (κ1) is 12.8. The summed E-state index contributed by atoms with van der Waals surface area (Å²) in [6.07, 6.45) is 1.50. The van der Waals surface area contributed by atoms with Crippen LogP contribution in [0.25, 0.3) is 0 Å². The molecule has 3 N–H and O–H groups in total. The van der Waals surface area contributed by atoms with Crippen LogP contribution in [0.4, 0.5) is 4.79 Å². The normalized spacial score (nSPS) is 27.4. The second kappa shape index (κ2) is 3.93. The zero-order chi connectivity index (χ0) is 13.7. The number of hydrogen-bond donors (Lipinski definition) is 2. The van der Waals surface area contributed by atoms with E-state index in [1.165, 1.54) is 6.08 Å². The molecule has 2 atom stereocenters. The first-order valence-electron chi connectivity index (χ1n) is 4.95. The van der Waals surface area contributed by atoms with Crippen LogP contribution < -0.4 is 5.73 Å². The van der Waals surface area contributed by atoms with Gasteiger partial charge in [-0.3, -0.25) is 9.35 Å². The molecule has 2 rings (SSSR count). The van der Waals surface area contributed by atoms with Crippen molar-refractivity contribution in [3.05, 3.63) is 11.6 Å². The Bertz CT molecular complexity index is 541. The van der Waals surface area contributed by atoms with Crippen LogP contribution in [0.15, 0.2) is 11.6 Å². The van der Waals surface area contributed by atoms with Crippen LogP contribution in [0.2, 0.25) is 0 Å². The number of primary amides is 1. The summed E-state index contributed by atoms with van der Waals surface area (Å²) in [5.41, 5.74) is 5.70. The highest BCUT2D eigenvalue weighted by atomic mass is 32.3. The van der Waals surface area contributed by atoms with Crippen molar-refractivity contribution in [3.8, 4) is 0 Å². The van der Waals surface area contributed by atoms with Crippen LogP contribution in [0.3, 0.4) is 0 Å². The third-order valence-corrected chi connectivity index (χ3v) is 3.11. The molecule has 0 spiro atoms. The maximum atomic E-state index is 11.8. The molecule has 1 saturated heterocycles. The molecule has 0 unspecified atom stereocenters. The van der Waals surface area contributed by atoms with Gasteiger partial charge in [0, 0.05) is 0 Å². The summed E-state index contributed by atoms with van der Waals surface area (Å²) in [5, 5.41) is 0.502. The fourth-order valence-corrected chi connectivity index (χ4v) is 2.54. The Labute approximate surface area is 103 Å². The van der Waals surface area contributed by atoms with Gasteiger partial charge < -0.3 is 10.6 Å². The molecule has 100 valence electrons. The van der Waals surface area contributed by atoms with E-state index in [9.17, 15) is 18.0 Å². The molecule has 0 aromatic carbocycles. The number of amides is 3. The zero-order valence-electron chi connectivity index (χ0n) is 9.31. The molecule has 0 aromatic rings. The smallest absolute Gasteiger partial charge is 0.368 e. The first-order valence-corrected chi connectivity index (χ1v) is 6.31. The minimum atomic E-state index is -4.80. The molecule has 10 heteroatoms. The number of fused-ring (bicyclic) bond motifs is 2. The summed E-state index contributed by atoms with van der Waals surface area (Å²) in [4.78, 5) is 24.2. The van der Waals surface area contributed by atoms with Gasteiger partial charge in [-0.15, -0.1) is 4.28 Å². The van der Waals surface area contributed by atoms with Gasteiger partial charge in [0.15, 0.2) is 0 Å². The van der Waals surface area contributed by atoms with Gasteiger partial charge in [-0.25, -0.2) is 4.79 Å². The second-order valence-corrected chi connectivity index (χ2v) is 5.05. The van der Waals surface area contributed by atoms with Crippen molar-refractivity contribution < 1.29 is 26.8 Å². The number of urea groups is 1. The van der Waals surface area contributed by atoms with E-state index in [1.807, 2.05) is 0 Å². The van der Waals surface area contributed by atoms with E-state index in [0.717, 1.165) is 4.90 Å². The first-order chi connectivity index (χ1) is 8.20. The summed E-state index contributed by atoms with van der Waals surface area (Å²) >= 11 is 0. The topological polar surface area (TPSA) is 130 Å². The molecule has 1 fully saturated rings. The summed E-state index contributed by atoms with van der Waals surface area (Å²) in [6.45, 7) is 1.66. The van der Waals surface area contributed by atoms with Crippen molar-refractivity contribution in [2.45, 2.75) is 19.0 Å². The molecule has 2 aliphatic rings. The molecule has 0 aromatic heterocycles. The maximum Gasteiger partial charge on any atom is 0.418 e. The average molecular weight is 277 g/mol. The summed E-state index contributed by atoms with van der Waals surface area (Å²) < 4.78 is 34.0. The Morgan fingerprint density at radius 1 is 1.61 bits per heavy atom. The number of nitrogens with two attached hydrogens (primary N) is 1. The van der Waals surface area contributed by atoms with E-state index in [0.29, 0.717) is 10.6 Å². The van der Waals surface area contributed by atoms with Crippen molar-refractivity contribution in [3.63, 3.8) is 0 Å². The average Bonchev–Trinajstić information content (AvgIpc) is 2.41. The third-order valence-electron chi connectivity index (χ3n) is 2.76. The lowest BCUT2D eigenvalue weighted by Gasteiger charge is -2.27. The van der Waals surface area contributed by atoms with Crippen molar-refractivity contribution >= 4 is 22.3 Å². The zero-order valence-corrected chi connectivity index (χ0v) is 10.1. The van der Waals surface area contributed by atoms with E-state index in [-0.39, 0.29) is 6.54 Å². The second-order valence-electron chi connectivity index (χ2n) is 4.05. The molecular weight excluding hydrogens is 266 g/mol. The Kier molecular flexibility index (Phi) is 2.80. The molecule has 2 aliphatic heterocycles. The molecule has 3 amide bonds. The Hall–Kier alpha value is -1.65. The standard InChI is InChI=1S/C8H11N3O6S/c1-4-2-5-3-10(6(4)7(9)12)8(13)11(5)17-18(14,15)16/h2,5-6H,3H2,1H3,(H2,9,12)(H,14,15,16)/t5-,6+/m0/s1. The van der Waals surface area contributed by atoms with E-state index >= 15 is 0 Å². The molecular formula is C8H11N3O6S. The van der Waals surface area contributed by atoms with E-state index < -0.39 is 34.4 Å². The molecule has 18 heavy (non-hydrogen) atoms. The minimum Gasteiger partial charge on any atom is -0.368 e. The largest absolute Gasteiger partial charge is 0.418 e. The molecule has 9 nitrogen and oxygen atoms in total. The third kappa shape index (κ3) is 2.05. The predicted molar refractivity (Wildman–Crippen MR) is 57.1 cm³/mol. The van der Waals surface area contributed by atoms with Gasteiger partial charge in [-0.05, 0) is 12.5 Å². The Morgan fingerprint density at radius 3 is 2.72 bits per heavy atom. The van der Waals surface area contributed by atoms with Crippen molar-refractivity contribution in [1.82, 2.24) is 9.96 Å². The molecule has 0 radical (unpaired) electrons. The maximum absolute atomic E-state index is 11.8. The number of carbonyl (C=O) groups excluding carboxylic acids is 2. The molecule has 2 heterocycles. The SMILES string of the molecule is CC1=C[C@H]2CN(C(=O)N2OS(=O)(=O)O)[C@H]1C(N)=O. The number of nitrogens with zero attached hydrogens (tertiary/aromatic N) is 2. The van der Waals surface area contributed by atoms with Crippen molar-refractivity contribution in [1.29, 1.82) is 0 Å². The highest BCUT2D eigenvalue weighted by Crippen LogP contribution is 2.29. The van der Waals surface area contributed by atoms with Crippen LogP contribution in [-0.2, 0) is 19.5 Å². The monoisotopic (exact) mass is 277 g/mol. The van der Waals surface area contributed by atoms with Gasteiger partial charge in [0.05, 0.1) is 12.6 Å². The van der Waals surface area contributed by atoms with Crippen LogP contribution >= 0.6 is 0 Å². The molecule has 0 saturated carbocycles. The highest BCUT2D eigenvalue weighted by molar-refractivity contribution is 7.80. The lowest BCUT2D eigenvalue weighted by molar-refractivity contribution is -0.121. The summed E-state index contributed by atoms with van der Waals surface area (Å²) in [7, 11) is -4.80. The van der Waals surface area contributed by atoms with Crippen LogP contribution in [0.5, 0.6) is 0 Å². The summed E-state index contributed by atoms with van der Waals surface area (Å²) in [6, 6.07) is -2.45. The molecule has 0 aliphatic carbocycles. The number of hydrogen-bond acceptors (Lipinski definition) is 5. The molecule has 2 bridgehead atoms. The van der Waals surface area contributed by atoms with Crippen LogP contribution in [0, 0.1) is 0 Å². The quantitative estimate of drug-likeness (QED) is 0.484. The van der Waals surface area contributed by atoms with Gasteiger partial charge in [0.25, 0.3) is 0 Å². The number of hydroxylamine groups is 2. The van der Waals surface area contributed by atoms with Crippen LogP contribution in [-0.4, -0.2) is 53.5 Å². The van der Waals surface area contributed by atoms with Crippen molar-refractivity contribution in [2.24, 2.45) is 5.73 Å². The number of rotatable bonds is 3. The fraction of sp³-hybridized carbons (Fsp3) is 0.500. The summed E-state index contributed by atoms with van der Waals surface area (Å²) in [5.74, 6) is -0.718. The van der Waals surface area contributed by atoms with E-state index in [4.69, 9.17) is 10.3 Å². The van der Waals surface area contributed by atoms with E-state index in [2.05, 4.69) is 4.28 Å².